The summed E-state index contributed by atoms with van der Waals surface area (Å²) in [6, 6.07) is 0. The summed E-state index contributed by atoms with van der Waals surface area (Å²) >= 11 is 1.90. The summed E-state index contributed by atoms with van der Waals surface area (Å²) in [4.78, 5) is 11.7. The molecule has 4 heteroatoms. The lowest BCUT2D eigenvalue weighted by molar-refractivity contribution is -0.121. The lowest BCUT2D eigenvalue weighted by Crippen LogP contribution is -2.42. The molecule has 0 unspecified atom stereocenters. The number of piperidine rings is 1. The highest BCUT2D eigenvalue weighted by Crippen LogP contribution is 2.26. The van der Waals surface area contributed by atoms with Crippen LogP contribution >= 0.6 is 11.8 Å². The largest absolute Gasteiger partial charge is 0.356 e. The van der Waals surface area contributed by atoms with Gasteiger partial charge in [-0.25, -0.2) is 0 Å². The van der Waals surface area contributed by atoms with E-state index in [2.05, 4.69) is 24.5 Å². The second-order valence-corrected chi connectivity index (χ2v) is 6.78. The average molecular weight is 272 g/mol. The van der Waals surface area contributed by atoms with Gasteiger partial charge in [0.1, 0.15) is 0 Å². The fourth-order valence-corrected chi connectivity index (χ4v) is 3.15. The van der Waals surface area contributed by atoms with Crippen molar-refractivity contribution in [2.75, 3.05) is 31.1 Å². The van der Waals surface area contributed by atoms with Crippen molar-refractivity contribution < 1.29 is 4.79 Å². The van der Waals surface area contributed by atoms with E-state index in [1.165, 1.54) is 31.4 Å². The number of amides is 1. The molecule has 1 aliphatic heterocycles. The van der Waals surface area contributed by atoms with Gasteiger partial charge in [-0.05, 0) is 43.5 Å². The van der Waals surface area contributed by atoms with Gasteiger partial charge in [0.2, 0.25) is 5.91 Å². The van der Waals surface area contributed by atoms with Gasteiger partial charge in [-0.1, -0.05) is 20.3 Å². The minimum atomic E-state index is 0.221. The van der Waals surface area contributed by atoms with Crippen molar-refractivity contribution >= 4 is 17.7 Å². The lowest BCUT2D eigenvalue weighted by Gasteiger charge is -2.34. The Bertz CT molecular complexity index is 240. The maximum Gasteiger partial charge on any atom is 0.220 e. The average Bonchev–Trinajstić information content (AvgIpc) is 2.37. The number of thioether (sulfide) groups is 1. The number of hydrogen-bond donors (Lipinski definition) is 2. The Labute approximate surface area is 116 Å². The summed E-state index contributed by atoms with van der Waals surface area (Å²) in [5.41, 5.74) is 0.302. The first kappa shape index (κ1) is 15.8. The molecule has 0 aromatic rings. The van der Waals surface area contributed by atoms with Crippen molar-refractivity contribution in [3.8, 4) is 0 Å². The predicted octanol–water partition coefficient (Wildman–Crippen LogP) is 2.42. The minimum Gasteiger partial charge on any atom is -0.356 e. The Morgan fingerprint density at radius 3 is 2.72 bits per heavy atom. The molecule has 1 fully saturated rings. The highest BCUT2D eigenvalue weighted by atomic mass is 32.2. The van der Waals surface area contributed by atoms with E-state index < -0.39 is 0 Å². The maximum atomic E-state index is 11.7. The molecule has 0 spiro atoms. The molecule has 0 bridgehead atoms. The first-order valence-electron chi connectivity index (χ1n) is 7.21. The summed E-state index contributed by atoms with van der Waals surface area (Å²) in [7, 11) is 0. The van der Waals surface area contributed by atoms with Crippen LogP contribution in [-0.4, -0.2) is 37.0 Å². The minimum absolute atomic E-state index is 0.221. The molecular weight excluding hydrogens is 244 g/mol. The van der Waals surface area contributed by atoms with E-state index >= 15 is 0 Å². The number of carbonyl (C=O) groups is 1. The van der Waals surface area contributed by atoms with Crippen LogP contribution in [-0.2, 0) is 4.79 Å². The molecule has 2 N–H and O–H groups in total. The molecule has 1 rings (SSSR count). The fourth-order valence-electron chi connectivity index (χ4n) is 2.12. The van der Waals surface area contributed by atoms with E-state index in [1.807, 2.05) is 11.8 Å². The Hall–Kier alpha value is -0.220. The monoisotopic (exact) mass is 272 g/mol. The predicted molar refractivity (Wildman–Crippen MR) is 80.1 cm³/mol. The third kappa shape index (κ3) is 6.64. The second-order valence-electron chi connectivity index (χ2n) is 5.55. The highest BCUT2D eigenvalue weighted by molar-refractivity contribution is 7.99. The van der Waals surface area contributed by atoms with Crippen molar-refractivity contribution in [3.05, 3.63) is 0 Å². The van der Waals surface area contributed by atoms with Gasteiger partial charge in [-0.15, -0.1) is 0 Å². The third-order valence-electron chi connectivity index (χ3n) is 3.64. The number of rotatable bonds is 8. The zero-order chi connectivity index (χ0) is 13.3. The summed E-state index contributed by atoms with van der Waals surface area (Å²) in [5, 5.41) is 6.47. The molecule has 1 heterocycles. The molecule has 18 heavy (non-hydrogen) atoms. The maximum absolute atomic E-state index is 11.7. The summed E-state index contributed by atoms with van der Waals surface area (Å²) in [6.07, 6.45) is 5.50. The van der Waals surface area contributed by atoms with Crippen molar-refractivity contribution in [2.45, 2.75) is 46.0 Å². The van der Waals surface area contributed by atoms with E-state index in [-0.39, 0.29) is 5.91 Å². The van der Waals surface area contributed by atoms with Gasteiger partial charge in [0, 0.05) is 18.7 Å². The van der Waals surface area contributed by atoms with Crippen LogP contribution < -0.4 is 10.6 Å². The smallest absolute Gasteiger partial charge is 0.220 e. The van der Waals surface area contributed by atoms with Crippen molar-refractivity contribution in [3.63, 3.8) is 0 Å². The van der Waals surface area contributed by atoms with Crippen molar-refractivity contribution in [1.29, 1.82) is 0 Å². The molecule has 1 saturated heterocycles. The van der Waals surface area contributed by atoms with E-state index in [0.29, 0.717) is 11.8 Å². The molecule has 3 nitrogen and oxygen atoms in total. The second kappa shape index (κ2) is 8.81. The van der Waals surface area contributed by atoms with Crippen LogP contribution in [0.15, 0.2) is 0 Å². The third-order valence-corrected chi connectivity index (χ3v) is 4.71. The summed E-state index contributed by atoms with van der Waals surface area (Å²) in [5.74, 6) is 2.37. The van der Waals surface area contributed by atoms with Gasteiger partial charge >= 0.3 is 0 Å². The Morgan fingerprint density at radius 1 is 1.33 bits per heavy atom. The van der Waals surface area contributed by atoms with E-state index in [1.54, 1.807) is 0 Å². The molecule has 1 amide bonds. The first-order valence-corrected chi connectivity index (χ1v) is 8.37. The van der Waals surface area contributed by atoms with Crippen molar-refractivity contribution in [2.24, 2.45) is 5.41 Å². The van der Waals surface area contributed by atoms with Crippen LogP contribution in [0.2, 0.25) is 0 Å². The number of hydrogen-bond acceptors (Lipinski definition) is 3. The highest BCUT2D eigenvalue weighted by Gasteiger charge is 2.26. The molecule has 0 aliphatic carbocycles. The molecule has 0 atom stereocenters. The van der Waals surface area contributed by atoms with E-state index in [9.17, 15) is 4.79 Å². The summed E-state index contributed by atoms with van der Waals surface area (Å²) in [6.45, 7) is 7.49. The number of nitrogens with one attached hydrogen (secondary N) is 2. The van der Waals surface area contributed by atoms with Crippen LogP contribution in [0.5, 0.6) is 0 Å². The quantitative estimate of drug-likeness (QED) is 0.667. The standard InChI is InChI=1S/C14H28N2OS/c1-3-4-10-18-11-5-13(17)16-12-14(2)6-8-15-9-7-14/h15H,3-12H2,1-2H3,(H,16,17). The van der Waals surface area contributed by atoms with Gasteiger partial charge in [0.25, 0.3) is 0 Å². The van der Waals surface area contributed by atoms with Crippen LogP contribution in [0.25, 0.3) is 0 Å². The zero-order valence-electron chi connectivity index (χ0n) is 11.9. The first-order chi connectivity index (χ1) is 8.66. The molecule has 106 valence electrons. The topological polar surface area (TPSA) is 41.1 Å². The van der Waals surface area contributed by atoms with Crippen LogP contribution in [0.3, 0.4) is 0 Å². The molecule has 0 aromatic carbocycles. The molecule has 0 saturated carbocycles. The molecule has 1 aliphatic rings. The summed E-state index contributed by atoms with van der Waals surface area (Å²) < 4.78 is 0. The van der Waals surface area contributed by atoms with Gasteiger partial charge in [-0.2, -0.15) is 11.8 Å². The Balaban J connectivity index is 2.05. The zero-order valence-corrected chi connectivity index (χ0v) is 12.7. The molecule has 0 aromatic heterocycles. The Kier molecular flexibility index (Phi) is 7.75. The molecule has 0 radical (unpaired) electrons. The number of unbranched alkanes of at least 4 members (excludes halogenated alkanes) is 1. The lowest BCUT2D eigenvalue weighted by atomic mass is 9.81. The van der Waals surface area contributed by atoms with Gasteiger partial charge in [-0.3, -0.25) is 4.79 Å². The van der Waals surface area contributed by atoms with Gasteiger partial charge < -0.3 is 10.6 Å². The SMILES string of the molecule is CCCCSCCC(=O)NCC1(C)CCNCC1. The van der Waals surface area contributed by atoms with Crippen LogP contribution in [0.4, 0.5) is 0 Å². The van der Waals surface area contributed by atoms with E-state index in [4.69, 9.17) is 0 Å². The normalized spacial score (nSPS) is 18.6. The van der Waals surface area contributed by atoms with Crippen LogP contribution in [0, 0.1) is 5.41 Å². The van der Waals surface area contributed by atoms with Crippen molar-refractivity contribution in [1.82, 2.24) is 10.6 Å². The van der Waals surface area contributed by atoms with E-state index in [0.717, 1.165) is 25.4 Å². The van der Waals surface area contributed by atoms with Gasteiger partial charge in [0.15, 0.2) is 0 Å². The fraction of sp³-hybridized carbons (Fsp3) is 0.929. The molecular formula is C14H28N2OS. The Morgan fingerprint density at radius 2 is 2.06 bits per heavy atom. The van der Waals surface area contributed by atoms with Gasteiger partial charge in [0.05, 0.1) is 0 Å². The van der Waals surface area contributed by atoms with Crippen LogP contribution in [0.1, 0.15) is 46.0 Å². The number of carbonyl (C=O) groups excluding carboxylic acids is 1.